The van der Waals surface area contributed by atoms with Crippen molar-refractivity contribution in [3.05, 3.63) is 29.8 Å². The van der Waals surface area contributed by atoms with Crippen molar-refractivity contribution in [2.75, 3.05) is 41.9 Å². The number of carbonyl (C=O) groups excluding carboxylic acids is 4. The van der Waals surface area contributed by atoms with E-state index in [1.807, 2.05) is 67.5 Å². The van der Waals surface area contributed by atoms with E-state index in [4.69, 9.17) is 9.47 Å². The number of Topliss-reactive ketones (excluding diaryl/α,β-unsaturated/α-hetero) is 1. The average Bonchev–Trinajstić information content (AvgIpc) is 3.55. The quantitative estimate of drug-likeness (QED) is 0.203. The number of likely N-dealkylation sites (N-methyl/N-ethyl adjacent to an activating group) is 2. The third-order valence-electron chi connectivity index (χ3n) is 10.9. The predicted molar refractivity (Wildman–Crippen MR) is 203 cm³/mol. The number of rotatable bonds is 20. The minimum atomic E-state index is -4.11. The highest BCUT2D eigenvalue weighted by Crippen LogP contribution is 2.31. The first kappa shape index (κ1) is 45.3. The Morgan fingerprint density at radius 3 is 2.00 bits per heavy atom. The van der Waals surface area contributed by atoms with Crippen molar-refractivity contribution < 1.29 is 37.1 Å². The van der Waals surface area contributed by atoms with E-state index in [0.717, 1.165) is 12.0 Å². The topological polar surface area (TPSA) is 143 Å². The largest absolute Gasteiger partial charge is 0.379 e. The number of benzene rings is 1. The van der Waals surface area contributed by atoms with Gasteiger partial charge in [-0.1, -0.05) is 72.6 Å². The van der Waals surface area contributed by atoms with Gasteiger partial charge in [-0.2, -0.15) is 0 Å². The van der Waals surface area contributed by atoms with Crippen LogP contribution in [0.4, 0.5) is 0 Å². The van der Waals surface area contributed by atoms with Gasteiger partial charge < -0.3 is 19.3 Å². The number of aryl methyl sites for hydroxylation is 1. The zero-order valence-electron chi connectivity index (χ0n) is 33.8. The predicted octanol–water partition coefficient (Wildman–Crippen LogP) is 4.54. The van der Waals surface area contributed by atoms with Crippen LogP contribution in [0.5, 0.6) is 0 Å². The molecule has 0 aliphatic carbocycles. The molecular formula is C39H66N4O8S. The van der Waals surface area contributed by atoms with Crippen LogP contribution >= 0.6 is 0 Å². The zero-order valence-corrected chi connectivity index (χ0v) is 34.7. The smallest absolute Gasteiger partial charge is 0.264 e. The fraction of sp³-hybridized carbons (Fsp3) is 0.744. The van der Waals surface area contributed by atoms with Crippen LogP contribution in [0.3, 0.4) is 0 Å². The molecule has 1 saturated heterocycles. The number of nitrogens with zero attached hydrogens (tertiary/aromatic N) is 3. The van der Waals surface area contributed by atoms with E-state index in [9.17, 15) is 27.6 Å². The molecule has 52 heavy (non-hydrogen) atoms. The Morgan fingerprint density at radius 2 is 1.52 bits per heavy atom. The number of hydrogen-bond acceptors (Lipinski definition) is 9. The number of likely N-dealkylation sites (tertiary alicyclic amines) is 1. The van der Waals surface area contributed by atoms with E-state index < -0.39 is 52.1 Å². The summed E-state index contributed by atoms with van der Waals surface area (Å²) in [5, 5.41) is 0. The summed E-state index contributed by atoms with van der Waals surface area (Å²) in [6, 6.07) is 4.99. The number of methoxy groups -OCH3 is 2. The van der Waals surface area contributed by atoms with Gasteiger partial charge in [0.2, 0.25) is 17.7 Å². The summed E-state index contributed by atoms with van der Waals surface area (Å²) in [6.45, 7) is 15.9. The summed E-state index contributed by atoms with van der Waals surface area (Å²) in [5.74, 6) is -2.49. The monoisotopic (exact) mass is 750 g/mol. The maximum atomic E-state index is 14.2. The van der Waals surface area contributed by atoms with Crippen molar-refractivity contribution in [3.8, 4) is 0 Å². The van der Waals surface area contributed by atoms with Crippen LogP contribution in [0.25, 0.3) is 0 Å². The molecular weight excluding hydrogens is 685 g/mol. The standard InChI is InChI=1S/C39H66N4O8S/c1-14-27(7)36(42(11)39(47)30(24(2)3)22-32(44)35(25(4)5)41(9)10)33(50-12)23-34(45)43-21-15-16-31(43)37(51-13)28(8)38(46)40-52(48,49)29-19-17-26(6)18-20-29/h17-20,24-25,27-28,30-31,33,35-37H,14-16,21-23H2,1-13H3,(H,40,46)/t27-,28+,30-,31-,33+,35-,36-,37+/m0/s1. The molecule has 1 heterocycles. The lowest BCUT2D eigenvalue weighted by molar-refractivity contribution is -0.149. The SMILES string of the molecule is CC[C@H](C)[C@@H]([C@@H](CC(=O)N1CCC[C@H]1[C@H](OC)[C@@H](C)C(=O)NS(=O)(=O)c1ccc(C)cc1)OC)N(C)C(=O)[C@@H](CC(=O)[C@H](C(C)C)N(C)C)C(C)C. The van der Waals surface area contributed by atoms with E-state index in [0.29, 0.717) is 19.4 Å². The van der Waals surface area contributed by atoms with Crippen LogP contribution < -0.4 is 4.72 Å². The number of ether oxygens (including phenoxy) is 2. The Labute approximate surface area is 313 Å². The van der Waals surface area contributed by atoms with Gasteiger partial charge in [0, 0.05) is 40.2 Å². The molecule has 1 aromatic rings. The zero-order chi connectivity index (χ0) is 39.7. The van der Waals surface area contributed by atoms with E-state index >= 15 is 0 Å². The molecule has 12 nitrogen and oxygen atoms in total. The molecule has 1 N–H and O–H groups in total. The highest BCUT2D eigenvalue weighted by Gasteiger charge is 2.43. The Hall–Kier alpha value is -2.87. The van der Waals surface area contributed by atoms with Gasteiger partial charge in [0.15, 0.2) is 5.78 Å². The van der Waals surface area contributed by atoms with Crippen LogP contribution in [-0.2, 0) is 38.7 Å². The molecule has 1 aliphatic rings. The van der Waals surface area contributed by atoms with Crippen molar-refractivity contribution in [2.45, 2.75) is 123 Å². The fourth-order valence-electron chi connectivity index (χ4n) is 7.77. The Morgan fingerprint density at radius 1 is 0.923 bits per heavy atom. The first-order chi connectivity index (χ1) is 24.2. The van der Waals surface area contributed by atoms with Crippen LogP contribution in [0.1, 0.15) is 86.1 Å². The number of carbonyl (C=O) groups is 4. The number of nitrogens with one attached hydrogen (secondary N) is 1. The van der Waals surface area contributed by atoms with Gasteiger partial charge in [0.05, 0.1) is 47.6 Å². The van der Waals surface area contributed by atoms with Gasteiger partial charge in [-0.15, -0.1) is 0 Å². The van der Waals surface area contributed by atoms with Gasteiger partial charge in [-0.3, -0.25) is 24.1 Å². The van der Waals surface area contributed by atoms with Gasteiger partial charge >= 0.3 is 0 Å². The van der Waals surface area contributed by atoms with Crippen LogP contribution in [0.15, 0.2) is 29.2 Å². The molecule has 0 unspecified atom stereocenters. The second kappa shape index (κ2) is 20.0. The van der Waals surface area contributed by atoms with E-state index in [1.165, 1.54) is 19.2 Å². The summed E-state index contributed by atoms with van der Waals surface area (Å²) in [7, 11) is 4.40. The summed E-state index contributed by atoms with van der Waals surface area (Å²) in [4.78, 5) is 60.5. The third-order valence-corrected chi connectivity index (χ3v) is 12.2. The second-order valence-corrected chi connectivity index (χ2v) is 17.2. The fourth-order valence-corrected chi connectivity index (χ4v) is 8.83. The number of amides is 3. The Bertz CT molecular complexity index is 1440. The van der Waals surface area contributed by atoms with Crippen molar-refractivity contribution in [1.29, 1.82) is 0 Å². The van der Waals surface area contributed by atoms with Crippen molar-refractivity contribution in [1.82, 2.24) is 19.4 Å². The normalized spacial score (nSPS) is 19.2. The molecule has 296 valence electrons. The highest BCUT2D eigenvalue weighted by atomic mass is 32.2. The van der Waals surface area contributed by atoms with Gasteiger partial charge in [0.25, 0.3) is 10.0 Å². The first-order valence-electron chi connectivity index (χ1n) is 18.7. The molecule has 3 amide bonds. The second-order valence-electron chi connectivity index (χ2n) is 15.5. The molecule has 13 heteroatoms. The van der Waals surface area contributed by atoms with Crippen molar-refractivity contribution in [3.63, 3.8) is 0 Å². The highest BCUT2D eigenvalue weighted by molar-refractivity contribution is 7.90. The molecule has 1 aliphatic heterocycles. The molecule has 0 spiro atoms. The minimum Gasteiger partial charge on any atom is -0.379 e. The average molecular weight is 751 g/mol. The third kappa shape index (κ3) is 11.3. The summed E-state index contributed by atoms with van der Waals surface area (Å²) in [6.07, 6.45) is 0.687. The molecule has 0 bridgehead atoms. The van der Waals surface area contributed by atoms with Gasteiger partial charge in [0.1, 0.15) is 0 Å². The van der Waals surface area contributed by atoms with E-state index in [1.54, 1.807) is 43.0 Å². The molecule has 8 atom stereocenters. The minimum absolute atomic E-state index is 0.0141. The maximum absolute atomic E-state index is 14.2. The Balaban J connectivity index is 2.29. The molecule has 0 radical (unpaired) electrons. The lowest BCUT2D eigenvalue weighted by Gasteiger charge is -2.41. The number of sulfonamides is 1. The number of hydrogen-bond donors (Lipinski definition) is 1. The van der Waals surface area contributed by atoms with Crippen molar-refractivity contribution >= 4 is 33.5 Å². The van der Waals surface area contributed by atoms with Crippen LogP contribution in [-0.4, -0.2) is 119 Å². The molecule has 1 fully saturated rings. The van der Waals surface area contributed by atoms with E-state index in [2.05, 4.69) is 4.72 Å². The van der Waals surface area contributed by atoms with E-state index in [-0.39, 0.29) is 59.1 Å². The first-order valence-corrected chi connectivity index (χ1v) is 20.2. The lowest BCUT2D eigenvalue weighted by atomic mass is 9.83. The Kier molecular flexibility index (Phi) is 17.4. The number of ketones is 1. The van der Waals surface area contributed by atoms with Crippen molar-refractivity contribution in [2.24, 2.45) is 29.6 Å². The summed E-state index contributed by atoms with van der Waals surface area (Å²) >= 11 is 0. The lowest BCUT2D eigenvalue weighted by Crippen LogP contribution is -2.54. The molecule has 0 aromatic heterocycles. The van der Waals surface area contributed by atoms with Gasteiger partial charge in [-0.25, -0.2) is 13.1 Å². The maximum Gasteiger partial charge on any atom is 0.264 e. The summed E-state index contributed by atoms with van der Waals surface area (Å²) in [5.41, 5.74) is 0.889. The van der Waals surface area contributed by atoms with Crippen LogP contribution in [0.2, 0.25) is 0 Å². The molecule has 2 rings (SSSR count). The van der Waals surface area contributed by atoms with Crippen LogP contribution in [0, 0.1) is 36.5 Å². The van der Waals surface area contributed by atoms with Gasteiger partial charge in [-0.05, 0) is 63.7 Å². The summed E-state index contributed by atoms with van der Waals surface area (Å²) < 4.78 is 39.9. The molecule has 0 saturated carbocycles. The molecule has 1 aromatic carbocycles.